The number of hydrogen-bond acceptors (Lipinski definition) is 4. The predicted molar refractivity (Wildman–Crippen MR) is 98.5 cm³/mol. The minimum absolute atomic E-state index is 0.0480. The van der Waals surface area contributed by atoms with E-state index in [1.807, 2.05) is 24.3 Å². The summed E-state index contributed by atoms with van der Waals surface area (Å²) in [4.78, 5) is 35.3. The van der Waals surface area contributed by atoms with Gasteiger partial charge in [0.1, 0.15) is 0 Å². The second kappa shape index (κ2) is 8.58. The lowest BCUT2D eigenvalue weighted by Crippen LogP contribution is -2.30. The maximum Gasteiger partial charge on any atom is 0.311 e. The molecule has 0 saturated carbocycles. The fraction of sp³-hybridized carbons (Fsp3) is 0.211. The number of rotatable bonds is 6. The van der Waals surface area contributed by atoms with Crippen LogP contribution in [0, 0.1) is 0 Å². The Balaban J connectivity index is 1.87. The van der Waals surface area contributed by atoms with Crippen molar-refractivity contribution in [2.24, 2.45) is 0 Å². The van der Waals surface area contributed by atoms with Crippen LogP contribution in [0.4, 0.5) is 5.69 Å². The molecular formula is C19H18BrNO4. The van der Waals surface area contributed by atoms with Gasteiger partial charge in [0, 0.05) is 15.7 Å². The number of carbonyl (C=O) groups is 3. The Bertz CT molecular complexity index is 769. The van der Waals surface area contributed by atoms with Gasteiger partial charge in [-0.1, -0.05) is 28.1 Å². The number of carbonyl (C=O) groups excluding carboxylic acids is 3. The molecule has 1 N–H and O–H groups in total. The first-order valence-electron chi connectivity index (χ1n) is 7.71. The Morgan fingerprint density at radius 1 is 1.04 bits per heavy atom. The van der Waals surface area contributed by atoms with E-state index in [1.165, 1.54) is 13.8 Å². The minimum atomic E-state index is -0.921. The Kier molecular flexibility index (Phi) is 6.47. The maximum absolute atomic E-state index is 12.1. The highest BCUT2D eigenvalue weighted by molar-refractivity contribution is 9.10. The van der Waals surface area contributed by atoms with Crippen LogP contribution in [0.15, 0.2) is 53.0 Å². The van der Waals surface area contributed by atoms with Crippen LogP contribution in [-0.4, -0.2) is 23.8 Å². The number of halogens is 1. The molecule has 0 bridgehead atoms. The van der Waals surface area contributed by atoms with Gasteiger partial charge in [-0.3, -0.25) is 14.4 Å². The summed E-state index contributed by atoms with van der Waals surface area (Å²) in [6, 6.07) is 13.8. The van der Waals surface area contributed by atoms with E-state index < -0.39 is 18.0 Å². The average molecular weight is 404 g/mol. The van der Waals surface area contributed by atoms with E-state index in [0.717, 1.165) is 10.0 Å². The zero-order valence-corrected chi connectivity index (χ0v) is 15.5. The number of amides is 1. The molecule has 2 rings (SSSR count). The highest BCUT2D eigenvalue weighted by Gasteiger charge is 2.18. The number of esters is 1. The summed E-state index contributed by atoms with van der Waals surface area (Å²) in [6.07, 6.45) is -0.825. The molecule has 5 nitrogen and oxygen atoms in total. The lowest BCUT2D eigenvalue weighted by Gasteiger charge is -2.14. The Hall–Kier alpha value is -2.47. The van der Waals surface area contributed by atoms with Crippen molar-refractivity contribution < 1.29 is 19.1 Å². The summed E-state index contributed by atoms with van der Waals surface area (Å²) < 4.78 is 6.09. The zero-order valence-electron chi connectivity index (χ0n) is 13.9. The molecule has 0 radical (unpaired) electrons. The van der Waals surface area contributed by atoms with Crippen molar-refractivity contribution >= 4 is 39.3 Å². The molecule has 1 amide bonds. The number of anilines is 1. The molecule has 0 aliphatic rings. The first-order chi connectivity index (χ1) is 11.8. The maximum atomic E-state index is 12.1. The summed E-state index contributed by atoms with van der Waals surface area (Å²) in [6.45, 7) is 2.99. The normalized spacial score (nSPS) is 11.5. The van der Waals surface area contributed by atoms with Crippen LogP contribution in [0.3, 0.4) is 0 Å². The van der Waals surface area contributed by atoms with Crippen molar-refractivity contribution in [3.63, 3.8) is 0 Å². The summed E-state index contributed by atoms with van der Waals surface area (Å²) in [5.41, 5.74) is 1.90. The van der Waals surface area contributed by atoms with E-state index in [0.29, 0.717) is 11.3 Å². The topological polar surface area (TPSA) is 72.5 Å². The lowest BCUT2D eigenvalue weighted by molar-refractivity contribution is -0.152. The molecule has 6 heteroatoms. The molecule has 25 heavy (non-hydrogen) atoms. The predicted octanol–water partition coefficient (Wildman–Crippen LogP) is 3.76. The third kappa shape index (κ3) is 5.83. The standard InChI is InChI=1S/C19H18BrNO4/c1-12(22)15-5-9-17(10-6-15)21-19(24)13(2)25-18(23)11-14-3-7-16(20)8-4-14/h3-10,13H,11H2,1-2H3,(H,21,24)/t13-/m1/s1. The van der Waals surface area contributed by atoms with Crippen LogP contribution >= 0.6 is 15.9 Å². The monoisotopic (exact) mass is 403 g/mol. The van der Waals surface area contributed by atoms with Gasteiger partial charge in [0.2, 0.25) is 0 Å². The van der Waals surface area contributed by atoms with Crippen LogP contribution in [0.25, 0.3) is 0 Å². The van der Waals surface area contributed by atoms with Gasteiger partial charge in [-0.2, -0.15) is 0 Å². The fourth-order valence-corrected chi connectivity index (χ4v) is 2.36. The zero-order chi connectivity index (χ0) is 18.4. The molecule has 0 saturated heterocycles. The molecule has 0 aliphatic heterocycles. The summed E-state index contributed by atoms with van der Waals surface area (Å²) in [5.74, 6) is -0.954. The van der Waals surface area contributed by atoms with Crippen molar-refractivity contribution in [1.82, 2.24) is 0 Å². The highest BCUT2D eigenvalue weighted by atomic mass is 79.9. The third-order valence-electron chi connectivity index (χ3n) is 3.50. The molecule has 130 valence electrons. The smallest absolute Gasteiger partial charge is 0.311 e. The third-order valence-corrected chi connectivity index (χ3v) is 4.03. The molecule has 0 unspecified atom stereocenters. The van der Waals surface area contributed by atoms with Crippen LogP contribution < -0.4 is 5.32 Å². The minimum Gasteiger partial charge on any atom is -0.452 e. The van der Waals surface area contributed by atoms with E-state index in [-0.39, 0.29) is 12.2 Å². The molecule has 0 aliphatic carbocycles. The summed E-state index contributed by atoms with van der Waals surface area (Å²) in [7, 11) is 0. The largest absolute Gasteiger partial charge is 0.452 e. The molecule has 0 fully saturated rings. The number of ketones is 1. The van der Waals surface area contributed by atoms with Crippen molar-refractivity contribution in [3.8, 4) is 0 Å². The van der Waals surface area contributed by atoms with Gasteiger partial charge in [0.25, 0.3) is 5.91 Å². The van der Waals surface area contributed by atoms with Gasteiger partial charge in [-0.25, -0.2) is 0 Å². The van der Waals surface area contributed by atoms with Crippen molar-refractivity contribution in [2.75, 3.05) is 5.32 Å². The number of ether oxygens (including phenoxy) is 1. The van der Waals surface area contributed by atoms with E-state index in [9.17, 15) is 14.4 Å². The van der Waals surface area contributed by atoms with Crippen LogP contribution in [0.5, 0.6) is 0 Å². The molecule has 2 aromatic rings. The number of Topliss-reactive ketones (excluding diaryl/α,β-unsaturated/α-hetero) is 1. The molecule has 2 aromatic carbocycles. The van der Waals surface area contributed by atoms with E-state index >= 15 is 0 Å². The Morgan fingerprint density at radius 2 is 1.64 bits per heavy atom. The quantitative estimate of drug-likeness (QED) is 0.588. The van der Waals surface area contributed by atoms with E-state index in [4.69, 9.17) is 4.74 Å². The molecule has 0 heterocycles. The second-order valence-electron chi connectivity index (χ2n) is 5.56. The number of nitrogens with one attached hydrogen (secondary N) is 1. The number of benzene rings is 2. The Labute approximate surface area is 154 Å². The molecule has 1 atom stereocenters. The van der Waals surface area contributed by atoms with Crippen molar-refractivity contribution in [1.29, 1.82) is 0 Å². The Morgan fingerprint density at radius 3 is 2.20 bits per heavy atom. The highest BCUT2D eigenvalue weighted by Crippen LogP contribution is 2.13. The van der Waals surface area contributed by atoms with Crippen molar-refractivity contribution in [3.05, 3.63) is 64.1 Å². The second-order valence-corrected chi connectivity index (χ2v) is 6.47. The van der Waals surface area contributed by atoms with E-state index in [2.05, 4.69) is 21.2 Å². The van der Waals surface area contributed by atoms with Gasteiger partial charge in [-0.05, 0) is 55.8 Å². The van der Waals surface area contributed by atoms with Crippen LogP contribution in [0.2, 0.25) is 0 Å². The fourth-order valence-electron chi connectivity index (χ4n) is 2.09. The molecule has 0 aromatic heterocycles. The summed E-state index contributed by atoms with van der Waals surface area (Å²) >= 11 is 3.33. The van der Waals surface area contributed by atoms with Gasteiger partial charge in [-0.15, -0.1) is 0 Å². The van der Waals surface area contributed by atoms with Crippen LogP contribution in [0.1, 0.15) is 29.8 Å². The van der Waals surface area contributed by atoms with Gasteiger partial charge < -0.3 is 10.1 Å². The van der Waals surface area contributed by atoms with Gasteiger partial charge in [0.15, 0.2) is 11.9 Å². The first kappa shape index (κ1) is 18.9. The average Bonchev–Trinajstić information content (AvgIpc) is 2.57. The number of hydrogen-bond donors (Lipinski definition) is 1. The summed E-state index contributed by atoms with van der Waals surface area (Å²) in [5, 5.41) is 2.65. The van der Waals surface area contributed by atoms with Gasteiger partial charge >= 0.3 is 5.97 Å². The molecular weight excluding hydrogens is 386 g/mol. The van der Waals surface area contributed by atoms with Crippen molar-refractivity contribution in [2.45, 2.75) is 26.4 Å². The van der Waals surface area contributed by atoms with Gasteiger partial charge in [0.05, 0.1) is 6.42 Å². The molecule has 0 spiro atoms. The van der Waals surface area contributed by atoms with Crippen LogP contribution in [-0.2, 0) is 20.7 Å². The lowest BCUT2D eigenvalue weighted by atomic mass is 10.1. The SMILES string of the molecule is CC(=O)c1ccc(NC(=O)[C@@H](C)OC(=O)Cc2ccc(Br)cc2)cc1. The first-order valence-corrected chi connectivity index (χ1v) is 8.50. The van der Waals surface area contributed by atoms with E-state index in [1.54, 1.807) is 24.3 Å².